The van der Waals surface area contributed by atoms with Crippen LogP contribution >= 0.6 is 12.6 Å². The highest BCUT2D eigenvalue weighted by atomic mass is 32.1. The van der Waals surface area contributed by atoms with Crippen LogP contribution in [0.2, 0.25) is 0 Å². The Morgan fingerprint density at radius 3 is 2.50 bits per heavy atom. The molecule has 0 spiro atoms. The number of hydrogen-bond acceptors (Lipinski definition) is 4. The lowest BCUT2D eigenvalue weighted by molar-refractivity contribution is -0.128. The van der Waals surface area contributed by atoms with Crippen LogP contribution in [-0.4, -0.2) is 55.3 Å². The van der Waals surface area contributed by atoms with Gasteiger partial charge in [-0.1, -0.05) is 12.1 Å². The summed E-state index contributed by atoms with van der Waals surface area (Å²) < 4.78 is 5.19. The van der Waals surface area contributed by atoms with Crippen molar-refractivity contribution < 1.29 is 9.53 Å². The topological polar surface area (TPSA) is 32.8 Å². The van der Waals surface area contributed by atoms with E-state index in [-0.39, 0.29) is 17.2 Å². The normalized spacial score (nSPS) is 20.6. The Morgan fingerprint density at radius 2 is 2.05 bits per heavy atom. The van der Waals surface area contributed by atoms with Gasteiger partial charge in [-0.05, 0) is 31.8 Å². The maximum Gasteiger partial charge on any atom is 0.223 e. The van der Waals surface area contributed by atoms with Gasteiger partial charge in [0.05, 0.1) is 13.2 Å². The number of ether oxygens (including phenoxy) is 1. The summed E-state index contributed by atoms with van der Waals surface area (Å²) in [6.07, 6.45) is 0.547. The first kappa shape index (κ1) is 15.2. The number of amides is 1. The third-order valence-corrected chi connectivity index (χ3v) is 4.06. The molecule has 1 heterocycles. The molecule has 1 saturated heterocycles. The predicted octanol–water partition coefficient (Wildman–Crippen LogP) is 1.83. The molecule has 2 atom stereocenters. The lowest BCUT2D eigenvalue weighted by Crippen LogP contribution is -2.35. The molecule has 0 radical (unpaired) electrons. The summed E-state index contributed by atoms with van der Waals surface area (Å²) in [6.45, 7) is 1.44. The summed E-state index contributed by atoms with van der Waals surface area (Å²) >= 11 is 4.41. The number of rotatable bonds is 5. The van der Waals surface area contributed by atoms with Crippen molar-refractivity contribution in [3.8, 4) is 5.75 Å². The van der Waals surface area contributed by atoms with Crippen molar-refractivity contribution in [1.29, 1.82) is 0 Å². The fourth-order valence-corrected chi connectivity index (χ4v) is 2.88. The minimum Gasteiger partial charge on any atom is -0.497 e. The summed E-state index contributed by atoms with van der Waals surface area (Å²) in [7, 11) is 5.73. The molecule has 20 heavy (non-hydrogen) atoms. The van der Waals surface area contributed by atoms with Gasteiger partial charge >= 0.3 is 0 Å². The second kappa shape index (κ2) is 6.50. The van der Waals surface area contributed by atoms with Gasteiger partial charge in [0.15, 0.2) is 0 Å². The molecule has 0 aliphatic carbocycles. The molecular weight excluding hydrogens is 272 g/mol. The van der Waals surface area contributed by atoms with Crippen LogP contribution in [0, 0.1) is 0 Å². The van der Waals surface area contributed by atoms with Gasteiger partial charge in [0.25, 0.3) is 0 Å². The van der Waals surface area contributed by atoms with Crippen molar-refractivity contribution in [3.63, 3.8) is 0 Å². The van der Waals surface area contributed by atoms with E-state index in [0.717, 1.165) is 12.3 Å². The number of thiol groups is 1. The van der Waals surface area contributed by atoms with Crippen LogP contribution in [0.1, 0.15) is 18.0 Å². The van der Waals surface area contributed by atoms with Crippen LogP contribution < -0.4 is 4.74 Å². The van der Waals surface area contributed by atoms with E-state index in [1.165, 1.54) is 5.56 Å². The number of methoxy groups -OCH3 is 1. The Morgan fingerprint density at radius 1 is 1.40 bits per heavy atom. The van der Waals surface area contributed by atoms with Gasteiger partial charge in [0.1, 0.15) is 5.75 Å². The average Bonchev–Trinajstić information content (AvgIpc) is 2.74. The van der Waals surface area contributed by atoms with Gasteiger partial charge in [0.2, 0.25) is 5.91 Å². The molecule has 5 heteroatoms. The van der Waals surface area contributed by atoms with Gasteiger partial charge in [0, 0.05) is 24.8 Å². The maximum atomic E-state index is 11.9. The van der Waals surface area contributed by atoms with Crippen LogP contribution in [0.5, 0.6) is 5.75 Å². The smallest absolute Gasteiger partial charge is 0.223 e. The lowest BCUT2D eigenvalue weighted by atomic mass is 10.1. The van der Waals surface area contributed by atoms with Crippen molar-refractivity contribution in [3.05, 3.63) is 29.8 Å². The molecule has 2 unspecified atom stereocenters. The number of likely N-dealkylation sites (N-methyl/N-ethyl adjacent to an activating group) is 1. The first-order valence-electron chi connectivity index (χ1n) is 6.77. The third kappa shape index (κ3) is 3.46. The van der Waals surface area contributed by atoms with Crippen molar-refractivity contribution in [2.45, 2.75) is 17.7 Å². The minimum atomic E-state index is 0.168. The van der Waals surface area contributed by atoms with Crippen LogP contribution in [0.4, 0.5) is 0 Å². The van der Waals surface area contributed by atoms with Gasteiger partial charge in [-0.2, -0.15) is 12.6 Å². The van der Waals surface area contributed by atoms with Gasteiger partial charge in [-0.3, -0.25) is 4.79 Å². The van der Waals surface area contributed by atoms with E-state index >= 15 is 0 Å². The lowest BCUT2D eigenvalue weighted by Gasteiger charge is -2.29. The fourth-order valence-electron chi connectivity index (χ4n) is 2.53. The molecule has 0 bridgehead atoms. The summed E-state index contributed by atoms with van der Waals surface area (Å²) in [5, 5.41) is 0.168. The zero-order valence-electron chi connectivity index (χ0n) is 12.2. The van der Waals surface area contributed by atoms with Crippen molar-refractivity contribution >= 4 is 18.5 Å². The molecule has 0 aromatic heterocycles. The molecule has 1 aromatic rings. The van der Waals surface area contributed by atoms with Crippen molar-refractivity contribution in [1.82, 2.24) is 9.80 Å². The number of benzene rings is 1. The first-order valence-corrected chi connectivity index (χ1v) is 7.29. The summed E-state index contributed by atoms with van der Waals surface area (Å²) in [4.78, 5) is 16.0. The SMILES string of the molecule is COc1ccc(C(CN2CC(S)CC2=O)N(C)C)cc1. The molecular formula is C15H22N2O2S. The Balaban J connectivity index is 2.12. The molecule has 1 aromatic carbocycles. The van der Waals surface area contributed by atoms with Crippen LogP contribution in [0.25, 0.3) is 0 Å². The quantitative estimate of drug-likeness (QED) is 0.841. The maximum absolute atomic E-state index is 11.9. The van der Waals surface area contributed by atoms with E-state index < -0.39 is 0 Å². The monoisotopic (exact) mass is 294 g/mol. The molecule has 0 saturated carbocycles. The van der Waals surface area contributed by atoms with Gasteiger partial charge in [-0.25, -0.2) is 0 Å². The standard InChI is InChI=1S/C15H22N2O2S/c1-16(2)14(10-17-9-13(20)8-15(17)18)11-4-6-12(19-3)7-5-11/h4-7,13-14,20H,8-10H2,1-3H3. The van der Waals surface area contributed by atoms with E-state index in [2.05, 4.69) is 29.7 Å². The molecule has 1 amide bonds. The average molecular weight is 294 g/mol. The van der Waals surface area contributed by atoms with E-state index in [1.807, 2.05) is 31.1 Å². The van der Waals surface area contributed by atoms with Crippen LogP contribution in [0.3, 0.4) is 0 Å². The Labute approximate surface area is 126 Å². The van der Waals surface area contributed by atoms with E-state index in [9.17, 15) is 4.79 Å². The summed E-state index contributed by atoms with van der Waals surface area (Å²) in [6, 6.07) is 8.21. The number of hydrogen-bond donors (Lipinski definition) is 1. The zero-order chi connectivity index (χ0) is 14.7. The molecule has 110 valence electrons. The Bertz CT molecular complexity index is 461. The zero-order valence-corrected chi connectivity index (χ0v) is 13.1. The molecule has 2 rings (SSSR count). The highest BCUT2D eigenvalue weighted by molar-refractivity contribution is 7.81. The summed E-state index contributed by atoms with van der Waals surface area (Å²) in [5.74, 6) is 1.05. The second-order valence-corrected chi connectivity index (χ2v) is 6.14. The first-order chi connectivity index (χ1) is 9.51. The number of nitrogens with zero attached hydrogens (tertiary/aromatic N) is 2. The molecule has 4 nitrogen and oxygen atoms in total. The number of carbonyl (C=O) groups is 1. The molecule has 1 aliphatic heterocycles. The minimum absolute atomic E-state index is 0.168. The second-order valence-electron chi connectivity index (χ2n) is 5.41. The Kier molecular flexibility index (Phi) is 4.94. The summed E-state index contributed by atoms with van der Waals surface area (Å²) in [5.41, 5.74) is 1.19. The highest BCUT2D eigenvalue weighted by Gasteiger charge is 2.30. The van der Waals surface area contributed by atoms with Gasteiger partial charge in [-0.15, -0.1) is 0 Å². The van der Waals surface area contributed by atoms with E-state index in [4.69, 9.17) is 4.74 Å². The fraction of sp³-hybridized carbons (Fsp3) is 0.533. The van der Waals surface area contributed by atoms with Gasteiger partial charge < -0.3 is 14.5 Å². The van der Waals surface area contributed by atoms with Crippen molar-refractivity contribution in [2.24, 2.45) is 0 Å². The van der Waals surface area contributed by atoms with E-state index in [0.29, 0.717) is 13.0 Å². The molecule has 1 fully saturated rings. The molecule has 1 aliphatic rings. The van der Waals surface area contributed by atoms with Crippen LogP contribution in [-0.2, 0) is 4.79 Å². The predicted molar refractivity (Wildman–Crippen MR) is 83.4 cm³/mol. The Hall–Kier alpha value is -1.20. The third-order valence-electron chi connectivity index (χ3n) is 3.71. The van der Waals surface area contributed by atoms with E-state index in [1.54, 1.807) is 7.11 Å². The molecule has 0 N–H and O–H groups in total. The number of carbonyl (C=O) groups excluding carboxylic acids is 1. The van der Waals surface area contributed by atoms with Crippen molar-refractivity contribution in [2.75, 3.05) is 34.3 Å². The number of likely N-dealkylation sites (tertiary alicyclic amines) is 1. The highest BCUT2D eigenvalue weighted by Crippen LogP contribution is 2.25. The van der Waals surface area contributed by atoms with Crippen LogP contribution in [0.15, 0.2) is 24.3 Å². The largest absolute Gasteiger partial charge is 0.497 e.